The Hall–Kier alpha value is -1.30. The van der Waals surface area contributed by atoms with Gasteiger partial charge in [-0.1, -0.05) is 12.1 Å². The lowest BCUT2D eigenvalue weighted by Crippen LogP contribution is -2.37. The van der Waals surface area contributed by atoms with Crippen molar-refractivity contribution in [1.29, 1.82) is 0 Å². The number of aromatic hydroxyl groups is 1. The number of morpholine rings is 1. The smallest absolute Gasteiger partial charge is 0.162 e. The van der Waals surface area contributed by atoms with E-state index in [1.165, 1.54) is 0 Å². The molecule has 0 spiro atoms. The van der Waals surface area contributed by atoms with Gasteiger partial charge in [0.05, 0.1) is 20.3 Å². The van der Waals surface area contributed by atoms with Crippen LogP contribution < -0.4 is 10.1 Å². The predicted octanol–water partition coefficient (Wildman–Crippen LogP) is 1.21. The molecule has 5 nitrogen and oxygen atoms in total. The number of benzene rings is 1. The quantitative estimate of drug-likeness (QED) is 0.735. The number of nitrogens with zero attached hydrogens (tertiary/aromatic N) is 1. The highest BCUT2D eigenvalue weighted by atomic mass is 16.5. The van der Waals surface area contributed by atoms with Crippen LogP contribution in [-0.2, 0) is 11.3 Å². The molecule has 1 heterocycles. The Kier molecular flexibility index (Phi) is 6.11. The van der Waals surface area contributed by atoms with Crippen molar-refractivity contribution in [3.63, 3.8) is 0 Å². The molecule has 0 unspecified atom stereocenters. The molecule has 1 aromatic rings. The van der Waals surface area contributed by atoms with E-state index in [4.69, 9.17) is 9.47 Å². The highest BCUT2D eigenvalue weighted by Gasteiger charge is 2.09. The largest absolute Gasteiger partial charge is 0.504 e. The van der Waals surface area contributed by atoms with E-state index in [9.17, 15) is 5.11 Å². The Bertz CT molecular complexity index is 406. The van der Waals surface area contributed by atoms with E-state index in [-0.39, 0.29) is 5.75 Å². The third-order valence-corrected chi connectivity index (χ3v) is 3.55. The van der Waals surface area contributed by atoms with Crippen molar-refractivity contribution in [3.05, 3.63) is 23.8 Å². The minimum atomic E-state index is 0.232. The zero-order chi connectivity index (χ0) is 14.2. The predicted molar refractivity (Wildman–Crippen MR) is 78.2 cm³/mol. The molecule has 112 valence electrons. The van der Waals surface area contributed by atoms with E-state index in [2.05, 4.69) is 10.2 Å². The van der Waals surface area contributed by atoms with Crippen molar-refractivity contribution in [2.24, 2.45) is 0 Å². The SMILES string of the molecule is COc1cccc(CNCCCN2CCOCC2)c1O. The zero-order valence-corrected chi connectivity index (χ0v) is 12.1. The van der Waals surface area contributed by atoms with Gasteiger partial charge in [0.1, 0.15) is 0 Å². The molecular weight excluding hydrogens is 256 g/mol. The number of ether oxygens (including phenoxy) is 2. The van der Waals surface area contributed by atoms with E-state index in [0.29, 0.717) is 12.3 Å². The Morgan fingerprint density at radius 3 is 2.90 bits per heavy atom. The lowest BCUT2D eigenvalue weighted by Gasteiger charge is -2.26. The molecule has 1 aliphatic heterocycles. The second-order valence-corrected chi connectivity index (χ2v) is 4.95. The number of methoxy groups -OCH3 is 1. The van der Waals surface area contributed by atoms with Crippen molar-refractivity contribution in [2.45, 2.75) is 13.0 Å². The number of hydrogen-bond acceptors (Lipinski definition) is 5. The second-order valence-electron chi connectivity index (χ2n) is 4.95. The number of para-hydroxylation sites is 1. The molecular formula is C15H24N2O3. The third-order valence-electron chi connectivity index (χ3n) is 3.55. The first kappa shape index (κ1) is 15.1. The van der Waals surface area contributed by atoms with Crippen molar-refractivity contribution >= 4 is 0 Å². The average Bonchev–Trinajstić information content (AvgIpc) is 2.49. The summed E-state index contributed by atoms with van der Waals surface area (Å²) in [5.41, 5.74) is 0.871. The van der Waals surface area contributed by atoms with Crippen molar-refractivity contribution < 1.29 is 14.6 Å². The van der Waals surface area contributed by atoms with Crippen LogP contribution in [0.1, 0.15) is 12.0 Å². The van der Waals surface area contributed by atoms with E-state index in [1.54, 1.807) is 13.2 Å². The molecule has 2 rings (SSSR count). The Morgan fingerprint density at radius 1 is 1.35 bits per heavy atom. The summed E-state index contributed by atoms with van der Waals surface area (Å²) in [6.45, 7) is 6.48. The number of nitrogens with one attached hydrogen (secondary N) is 1. The molecule has 20 heavy (non-hydrogen) atoms. The van der Waals surface area contributed by atoms with Crippen molar-refractivity contribution in [1.82, 2.24) is 10.2 Å². The molecule has 1 aliphatic rings. The Balaban J connectivity index is 1.65. The van der Waals surface area contributed by atoms with E-state index < -0.39 is 0 Å². The highest BCUT2D eigenvalue weighted by molar-refractivity contribution is 5.45. The summed E-state index contributed by atoms with van der Waals surface area (Å²) in [6.07, 6.45) is 1.10. The van der Waals surface area contributed by atoms with Gasteiger partial charge < -0.3 is 19.9 Å². The number of phenolic OH excluding ortho intramolecular Hbond substituents is 1. The van der Waals surface area contributed by atoms with Crippen LogP contribution in [0.2, 0.25) is 0 Å². The summed E-state index contributed by atoms with van der Waals surface area (Å²) in [6, 6.07) is 5.56. The molecule has 1 saturated heterocycles. The minimum absolute atomic E-state index is 0.232. The first-order valence-corrected chi connectivity index (χ1v) is 7.17. The first-order chi connectivity index (χ1) is 9.81. The van der Waals surface area contributed by atoms with Gasteiger partial charge in [0.2, 0.25) is 0 Å². The van der Waals surface area contributed by atoms with Gasteiger partial charge in [-0.15, -0.1) is 0 Å². The normalized spacial score (nSPS) is 16.2. The van der Waals surface area contributed by atoms with Gasteiger partial charge >= 0.3 is 0 Å². The molecule has 1 aromatic carbocycles. The van der Waals surface area contributed by atoms with Gasteiger partial charge in [0, 0.05) is 25.2 Å². The van der Waals surface area contributed by atoms with Crippen LogP contribution in [0.15, 0.2) is 18.2 Å². The molecule has 0 atom stereocenters. The summed E-state index contributed by atoms with van der Waals surface area (Å²) in [5, 5.41) is 13.3. The number of hydrogen-bond donors (Lipinski definition) is 2. The summed E-state index contributed by atoms with van der Waals surface area (Å²) in [7, 11) is 1.56. The van der Waals surface area contributed by atoms with Crippen LogP contribution >= 0.6 is 0 Å². The van der Waals surface area contributed by atoms with E-state index in [0.717, 1.165) is 51.4 Å². The number of rotatable bonds is 7. The molecule has 0 saturated carbocycles. The summed E-state index contributed by atoms with van der Waals surface area (Å²) in [5.74, 6) is 0.758. The van der Waals surface area contributed by atoms with Gasteiger partial charge in [0.25, 0.3) is 0 Å². The third kappa shape index (κ3) is 4.37. The van der Waals surface area contributed by atoms with Crippen LogP contribution in [0.5, 0.6) is 11.5 Å². The van der Waals surface area contributed by atoms with Gasteiger partial charge in [-0.2, -0.15) is 0 Å². The van der Waals surface area contributed by atoms with Crippen LogP contribution in [0.25, 0.3) is 0 Å². The fourth-order valence-electron chi connectivity index (χ4n) is 2.35. The summed E-state index contributed by atoms with van der Waals surface area (Å²) >= 11 is 0. The maximum atomic E-state index is 9.96. The fourth-order valence-corrected chi connectivity index (χ4v) is 2.35. The van der Waals surface area contributed by atoms with Gasteiger partial charge in [-0.25, -0.2) is 0 Å². The molecule has 2 N–H and O–H groups in total. The fraction of sp³-hybridized carbons (Fsp3) is 0.600. The van der Waals surface area contributed by atoms with Gasteiger partial charge in [-0.3, -0.25) is 4.90 Å². The molecule has 0 aliphatic carbocycles. The first-order valence-electron chi connectivity index (χ1n) is 7.17. The van der Waals surface area contributed by atoms with Gasteiger partial charge in [0.15, 0.2) is 11.5 Å². The molecule has 0 bridgehead atoms. The Morgan fingerprint density at radius 2 is 2.15 bits per heavy atom. The molecule has 0 radical (unpaired) electrons. The van der Waals surface area contributed by atoms with Crippen LogP contribution in [0.4, 0.5) is 0 Å². The Labute approximate surface area is 120 Å². The number of phenols is 1. The van der Waals surface area contributed by atoms with E-state index >= 15 is 0 Å². The lowest BCUT2D eigenvalue weighted by atomic mass is 10.2. The maximum Gasteiger partial charge on any atom is 0.162 e. The lowest BCUT2D eigenvalue weighted by molar-refractivity contribution is 0.0374. The van der Waals surface area contributed by atoms with Crippen molar-refractivity contribution in [3.8, 4) is 11.5 Å². The minimum Gasteiger partial charge on any atom is -0.504 e. The molecule has 0 aromatic heterocycles. The standard InChI is InChI=1S/C15H24N2O3/c1-19-14-5-2-4-13(15(14)18)12-16-6-3-7-17-8-10-20-11-9-17/h2,4-5,16,18H,3,6-12H2,1H3. The zero-order valence-electron chi connectivity index (χ0n) is 12.1. The van der Waals surface area contributed by atoms with Gasteiger partial charge in [-0.05, 0) is 25.6 Å². The topological polar surface area (TPSA) is 54.0 Å². The monoisotopic (exact) mass is 280 g/mol. The van der Waals surface area contributed by atoms with E-state index in [1.807, 2.05) is 12.1 Å². The average molecular weight is 280 g/mol. The molecule has 5 heteroatoms. The molecule has 1 fully saturated rings. The van der Waals surface area contributed by atoms with Crippen molar-refractivity contribution in [2.75, 3.05) is 46.5 Å². The van der Waals surface area contributed by atoms with Crippen LogP contribution in [0, 0.1) is 0 Å². The second kappa shape index (κ2) is 8.09. The summed E-state index contributed by atoms with van der Waals surface area (Å²) in [4.78, 5) is 2.42. The summed E-state index contributed by atoms with van der Waals surface area (Å²) < 4.78 is 10.4. The van der Waals surface area contributed by atoms with Crippen LogP contribution in [-0.4, -0.2) is 56.5 Å². The van der Waals surface area contributed by atoms with Crippen LogP contribution in [0.3, 0.4) is 0 Å². The maximum absolute atomic E-state index is 9.96. The highest BCUT2D eigenvalue weighted by Crippen LogP contribution is 2.28. The molecule has 0 amide bonds.